The summed E-state index contributed by atoms with van der Waals surface area (Å²) in [5.74, 6) is -5.90. The first-order valence-electron chi connectivity index (χ1n) is 3.61. The molecule has 0 nitrogen and oxygen atoms in total. The first kappa shape index (κ1) is 10.1. The van der Waals surface area contributed by atoms with E-state index in [0.29, 0.717) is 0 Å². The summed E-state index contributed by atoms with van der Waals surface area (Å²) in [6.07, 6.45) is -0.133. The molecule has 1 rings (SSSR count). The molecule has 0 aliphatic carbocycles. The van der Waals surface area contributed by atoms with Crippen molar-refractivity contribution in [2.24, 2.45) is 0 Å². The van der Waals surface area contributed by atoms with Gasteiger partial charge in [0.05, 0.1) is 0 Å². The fourth-order valence-electron chi connectivity index (χ4n) is 1.00. The van der Waals surface area contributed by atoms with Crippen molar-refractivity contribution in [1.82, 2.24) is 0 Å². The third kappa shape index (κ3) is 1.43. The SMILES string of the molecule is [B]c1c(F)c(F)c(CC)c(F)c1F. The summed E-state index contributed by atoms with van der Waals surface area (Å²) in [6, 6.07) is 0. The molecule has 0 unspecified atom stereocenters. The average molecular weight is 188 g/mol. The van der Waals surface area contributed by atoms with Crippen LogP contribution in [0.15, 0.2) is 0 Å². The third-order valence-corrected chi connectivity index (χ3v) is 1.74. The Kier molecular flexibility index (Phi) is 2.64. The second-order valence-corrected chi connectivity index (χ2v) is 2.50. The fraction of sp³-hybridized carbons (Fsp3) is 0.250. The lowest BCUT2D eigenvalue weighted by molar-refractivity contribution is 0.449. The molecule has 0 aliphatic heterocycles. The zero-order valence-corrected chi connectivity index (χ0v) is 6.80. The summed E-state index contributed by atoms with van der Waals surface area (Å²) < 4.78 is 51.1. The lowest BCUT2D eigenvalue weighted by Gasteiger charge is -2.07. The van der Waals surface area contributed by atoms with Gasteiger partial charge in [0.2, 0.25) is 0 Å². The van der Waals surface area contributed by atoms with Crippen molar-refractivity contribution in [2.45, 2.75) is 13.3 Å². The predicted octanol–water partition coefficient (Wildman–Crippen LogP) is 1.60. The molecule has 5 heteroatoms. The molecule has 0 atom stereocenters. The number of halogens is 4. The van der Waals surface area contributed by atoms with Crippen molar-refractivity contribution >= 4 is 13.3 Å². The van der Waals surface area contributed by atoms with Crippen molar-refractivity contribution in [3.63, 3.8) is 0 Å². The van der Waals surface area contributed by atoms with Gasteiger partial charge < -0.3 is 0 Å². The van der Waals surface area contributed by atoms with Crippen molar-refractivity contribution < 1.29 is 17.6 Å². The molecule has 0 heterocycles. The molecule has 68 valence electrons. The summed E-state index contributed by atoms with van der Waals surface area (Å²) in [6.45, 7) is 1.39. The monoisotopic (exact) mass is 188 g/mol. The second kappa shape index (κ2) is 3.40. The van der Waals surface area contributed by atoms with Crippen LogP contribution in [-0.2, 0) is 6.42 Å². The second-order valence-electron chi connectivity index (χ2n) is 2.50. The molecule has 0 spiro atoms. The molecule has 0 saturated heterocycles. The summed E-state index contributed by atoms with van der Waals surface area (Å²) in [7, 11) is 4.78. The molecule has 0 fully saturated rings. The van der Waals surface area contributed by atoms with E-state index in [0.717, 1.165) is 0 Å². The molecule has 1 aromatic carbocycles. The van der Waals surface area contributed by atoms with Gasteiger partial charge in [-0.05, 0) is 11.9 Å². The van der Waals surface area contributed by atoms with Gasteiger partial charge in [0, 0.05) is 5.56 Å². The Labute approximate surface area is 74.0 Å². The molecule has 2 radical (unpaired) electrons. The van der Waals surface area contributed by atoms with Gasteiger partial charge >= 0.3 is 0 Å². The lowest BCUT2D eigenvalue weighted by atomic mass is 9.92. The molecular formula is C8H5BF4. The highest BCUT2D eigenvalue weighted by Crippen LogP contribution is 2.17. The average Bonchev–Trinajstić information content (AvgIpc) is 2.13. The first-order chi connectivity index (χ1) is 6.00. The zero-order chi connectivity index (χ0) is 10.2. The van der Waals surface area contributed by atoms with Gasteiger partial charge in [0.15, 0.2) is 23.3 Å². The van der Waals surface area contributed by atoms with E-state index < -0.39 is 34.3 Å². The molecule has 0 N–H and O–H groups in total. The van der Waals surface area contributed by atoms with Gasteiger partial charge in [0.1, 0.15) is 7.85 Å². The van der Waals surface area contributed by atoms with Crippen LogP contribution >= 0.6 is 0 Å². The van der Waals surface area contributed by atoms with Gasteiger partial charge in [0.25, 0.3) is 0 Å². The quantitative estimate of drug-likeness (QED) is 0.356. The van der Waals surface area contributed by atoms with Crippen molar-refractivity contribution in [1.29, 1.82) is 0 Å². The molecule has 13 heavy (non-hydrogen) atoms. The molecule has 0 aromatic heterocycles. The van der Waals surface area contributed by atoms with E-state index in [4.69, 9.17) is 7.85 Å². The third-order valence-electron chi connectivity index (χ3n) is 1.74. The van der Waals surface area contributed by atoms with Gasteiger partial charge in [-0.1, -0.05) is 6.92 Å². The van der Waals surface area contributed by atoms with Crippen LogP contribution in [0.3, 0.4) is 0 Å². The summed E-state index contributed by atoms with van der Waals surface area (Å²) in [5, 5.41) is 0. The van der Waals surface area contributed by atoms with Crippen LogP contribution in [0.5, 0.6) is 0 Å². The van der Waals surface area contributed by atoms with E-state index in [1.165, 1.54) is 6.92 Å². The normalized spacial score (nSPS) is 10.5. The first-order valence-corrected chi connectivity index (χ1v) is 3.61. The van der Waals surface area contributed by atoms with Gasteiger partial charge in [-0.3, -0.25) is 0 Å². The molecule has 1 aromatic rings. The van der Waals surface area contributed by atoms with Gasteiger partial charge in [-0.25, -0.2) is 17.6 Å². The maximum atomic E-state index is 12.8. The predicted molar refractivity (Wildman–Crippen MR) is 41.0 cm³/mol. The van der Waals surface area contributed by atoms with Crippen LogP contribution < -0.4 is 5.46 Å². The van der Waals surface area contributed by atoms with E-state index in [9.17, 15) is 17.6 Å². The van der Waals surface area contributed by atoms with Crippen molar-refractivity contribution in [3.05, 3.63) is 28.8 Å². The highest BCUT2D eigenvalue weighted by atomic mass is 19.2. The molecule has 0 amide bonds. The number of rotatable bonds is 1. The minimum absolute atomic E-state index is 0.133. The standard InChI is InChI=1S/C8H5BF4/c1-2-3-5(10)7(12)4(9)8(13)6(3)11/h2H2,1H3. The van der Waals surface area contributed by atoms with E-state index in [1.54, 1.807) is 0 Å². The number of hydrogen-bond donors (Lipinski definition) is 0. The Morgan fingerprint density at radius 1 is 0.923 bits per heavy atom. The highest BCUT2D eigenvalue weighted by Gasteiger charge is 2.20. The maximum Gasteiger partial charge on any atom is 0.164 e. The number of hydrogen-bond acceptors (Lipinski definition) is 0. The Bertz CT molecular complexity index is 319. The van der Waals surface area contributed by atoms with Crippen LogP contribution in [0.25, 0.3) is 0 Å². The fourth-order valence-corrected chi connectivity index (χ4v) is 1.00. The Morgan fingerprint density at radius 2 is 1.31 bits per heavy atom. The van der Waals surface area contributed by atoms with Crippen LogP contribution in [0.2, 0.25) is 0 Å². The summed E-state index contributed by atoms with van der Waals surface area (Å²) in [5.41, 5.74) is -1.74. The summed E-state index contributed by atoms with van der Waals surface area (Å²) in [4.78, 5) is 0. The zero-order valence-electron chi connectivity index (χ0n) is 6.80. The maximum absolute atomic E-state index is 12.8. The van der Waals surface area contributed by atoms with Gasteiger partial charge in [-0.2, -0.15) is 0 Å². The van der Waals surface area contributed by atoms with Gasteiger partial charge in [-0.15, -0.1) is 0 Å². The molecule has 0 aliphatic rings. The smallest absolute Gasteiger partial charge is 0.164 e. The Balaban J connectivity index is 3.56. The highest BCUT2D eigenvalue weighted by molar-refractivity contribution is 6.32. The van der Waals surface area contributed by atoms with E-state index >= 15 is 0 Å². The van der Waals surface area contributed by atoms with Crippen molar-refractivity contribution in [2.75, 3.05) is 0 Å². The minimum Gasteiger partial charge on any atom is -0.204 e. The molecule has 0 bridgehead atoms. The largest absolute Gasteiger partial charge is 0.204 e. The lowest BCUT2D eigenvalue weighted by Crippen LogP contribution is -2.20. The Morgan fingerprint density at radius 3 is 1.62 bits per heavy atom. The van der Waals surface area contributed by atoms with Crippen molar-refractivity contribution in [3.8, 4) is 0 Å². The van der Waals surface area contributed by atoms with Crippen LogP contribution in [-0.4, -0.2) is 7.85 Å². The van der Waals surface area contributed by atoms with E-state index in [2.05, 4.69) is 0 Å². The minimum atomic E-state index is -1.53. The molecular weight excluding hydrogens is 183 g/mol. The van der Waals surface area contributed by atoms with Crippen LogP contribution in [0.4, 0.5) is 17.6 Å². The molecule has 0 saturated carbocycles. The Hall–Kier alpha value is -0.995. The van der Waals surface area contributed by atoms with E-state index in [-0.39, 0.29) is 6.42 Å². The van der Waals surface area contributed by atoms with E-state index in [1.807, 2.05) is 0 Å². The summed E-state index contributed by atoms with van der Waals surface area (Å²) >= 11 is 0. The number of benzene rings is 1. The topological polar surface area (TPSA) is 0 Å². The van der Waals surface area contributed by atoms with Crippen LogP contribution in [0, 0.1) is 23.3 Å². The van der Waals surface area contributed by atoms with Crippen LogP contribution in [0.1, 0.15) is 12.5 Å².